The number of carboxylic acid groups (broad SMARTS) is 1. The highest BCUT2D eigenvalue weighted by molar-refractivity contribution is 7.89. The summed E-state index contributed by atoms with van der Waals surface area (Å²) in [7, 11) is -0.893. The molecule has 0 saturated heterocycles. The second kappa shape index (κ2) is 5.82. The quantitative estimate of drug-likeness (QED) is 0.875. The van der Waals surface area contributed by atoms with Crippen molar-refractivity contribution in [3.8, 4) is 0 Å². The number of anilines is 1. The molecule has 1 aliphatic heterocycles. The summed E-state index contributed by atoms with van der Waals surface area (Å²) in [4.78, 5) is 24.9. The monoisotopic (exact) mass is 362 g/mol. The molecular formula is C17H18N2O5S. The minimum absolute atomic E-state index is 0.0660. The Balaban J connectivity index is 2.15. The first-order valence-electron chi connectivity index (χ1n) is 7.69. The van der Waals surface area contributed by atoms with Crippen LogP contribution in [0.3, 0.4) is 0 Å². The van der Waals surface area contributed by atoms with E-state index in [4.69, 9.17) is 5.11 Å². The summed E-state index contributed by atoms with van der Waals surface area (Å²) >= 11 is 0. The van der Waals surface area contributed by atoms with E-state index in [1.54, 1.807) is 31.3 Å². The van der Waals surface area contributed by atoms with Crippen molar-refractivity contribution in [3.05, 3.63) is 35.9 Å². The number of amides is 1. The summed E-state index contributed by atoms with van der Waals surface area (Å²) in [6.07, 6.45) is 0. The van der Waals surface area contributed by atoms with Crippen molar-refractivity contribution < 1.29 is 23.1 Å². The Morgan fingerprint density at radius 1 is 1.28 bits per heavy atom. The lowest BCUT2D eigenvalue weighted by Crippen LogP contribution is -2.33. The van der Waals surface area contributed by atoms with E-state index in [0.717, 1.165) is 4.31 Å². The van der Waals surface area contributed by atoms with Crippen LogP contribution in [0, 0.1) is 5.92 Å². The molecule has 2 aromatic carbocycles. The van der Waals surface area contributed by atoms with Crippen LogP contribution < -0.4 is 4.90 Å². The number of hydrogen-bond donors (Lipinski definition) is 1. The van der Waals surface area contributed by atoms with Crippen LogP contribution in [0.15, 0.2) is 35.2 Å². The van der Waals surface area contributed by atoms with E-state index in [-0.39, 0.29) is 17.3 Å². The fraction of sp³-hybridized carbons (Fsp3) is 0.294. The minimum Gasteiger partial charge on any atom is -0.481 e. The lowest BCUT2D eigenvalue weighted by Gasteiger charge is -2.20. The molecule has 25 heavy (non-hydrogen) atoms. The van der Waals surface area contributed by atoms with Crippen molar-refractivity contribution in [1.29, 1.82) is 0 Å². The molecule has 7 nitrogen and oxygen atoms in total. The second-order valence-corrected chi connectivity index (χ2v) is 8.21. The fourth-order valence-corrected chi connectivity index (χ4v) is 4.51. The standard InChI is InChI=1S/C17H18N2O5S/c1-10(17(21)22)9-18(2)25(23,24)14-8-7-13-15-11(14)5-4-6-12(15)16(20)19(13)3/h4-8,10H,9H2,1-3H3,(H,21,22). The summed E-state index contributed by atoms with van der Waals surface area (Å²) in [6.45, 7) is 1.31. The predicted octanol–water partition coefficient (Wildman–Crippen LogP) is 1.77. The zero-order valence-electron chi connectivity index (χ0n) is 14.1. The lowest BCUT2D eigenvalue weighted by atomic mass is 10.1. The van der Waals surface area contributed by atoms with Gasteiger partial charge >= 0.3 is 5.97 Å². The maximum Gasteiger partial charge on any atom is 0.307 e. The van der Waals surface area contributed by atoms with Gasteiger partial charge in [-0.25, -0.2) is 12.7 Å². The Kier molecular flexibility index (Phi) is 4.04. The molecule has 132 valence electrons. The molecule has 0 bridgehead atoms. The number of rotatable bonds is 5. The van der Waals surface area contributed by atoms with Gasteiger partial charge in [0.05, 0.1) is 16.5 Å². The lowest BCUT2D eigenvalue weighted by molar-refractivity contribution is -0.141. The normalized spacial score (nSPS) is 15.2. The van der Waals surface area contributed by atoms with Gasteiger partial charge in [0.1, 0.15) is 0 Å². The van der Waals surface area contributed by atoms with Crippen molar-refractivity contribution in [2.75, 3.05) is 25.5 Å². The van der Waals surface area contributed by atoms with Gasteiger partial charge < -0.3 is 10.0 Å². The van der Waals surface area contributed by atoms with Crippen molar-refractivity contribution in [2.24, 2.45) is 5.92 Å². The van der Waals surface area contributed by atoms with Gasteiger partial charge in [0, 0.05) is 37.0 Å². The third-order valence-electron chi connectivity index (χ3n) is 4.52. The molecule has 2 aromatic rings. The Morgan fingerprint density at radius 2 is 1.96 bits per heavy atom. The number of carboxylic acids is 1. The molecule has 0 spiro atoms. The smallest absolute Gasteiger partial charge is 0.307 e. The van der Waals surface area contributed by atoms with Gasteiger partial charge in [0.2, 0.25) is 10.0 Å². The molecule has 0 aliphatic carbocycles. The van der Waals surface area contributed by atoms with Gasteiger partial charge in [-0.15, -0.1) is 0 Å². The molecule has 1 N–H and O–H groups in total. The van der Waals surface area contributed by atoms with Gasteiger partial charge in [0.15, 0.2) is 0 Å². The van der Waals surface area contributed by atoms with Crippen LogP contribution in [0.25, 0.3) is 10.8 Å². The molecule has 1 atom stereocenters. The molecule has 8 heteroatoms. The third-order valence-corrected chi connectivity index (χ3v) is 6.40. The number of aliphatic carboxylic acids is 1. The Hall–Kier alpha value is -2.45. The van der Waals surface area contributed by atoms with E-state index < -0.39 is 21.9 Å². The van der Waals surface area contributed by atoms with Crippen LogP contribution in [0.5, 0.6) is 0 Å². The second-order valence-electron chi connectivity index (χ2n) is 6.20. The molecule has 0 fully saturated rings. The van der Waals surface area contributed by atoms with Gasteiger partial charge in [-0.1, -0.05) is 19.1 Å². The molecule has 1 amide bonds. The predicted molar refractivity (Wildman–Crippen MR) is 93.3 cm³/mol. The van der Waals surface area contributed by atoms with E-state index in [1.807, 2.05) is 0 Å². The van der Waals surface area contributed by atoms with Crippen molar-refractivity contribution in [1.82, 2.24) is 4.31 Å². The van der Waals surface area contributed by atoms with Crippen molar-refractivity contribution in [3.63, 3.8) is 0 Å². The molecule has 0 radical (unpaired) electrons. The SMILES string of the molecule is CC(CN(C)S(=O)(=O)c1ccc2c3c(cccc13)C(=O)N2C)C(=O)O. The van der Waals surface area contributed by atoms with Crippen LogP contribution >= 0.6 is 0 Å². The van der Waals surface area contributed by atoms with Crippen LogP contribution in [-0.4, -0.2) is 50.3 Å². The maximum atomic E-state index is 12.9. The third kappa shape index (κ3) is 2.58. The molecule has 1 heterocycles. The number of benzene rings is 2. The average molecular weight is 362 g/mol. The highest BCUT2D eigenvalue weighted by atomic mass is 32.2. The van der Waals surface area contributed by atoms with Gasteiger partial charge in [-0.2, -0.15) is 0 Å². The molecule has 1 aliphatic rings. The molecule has 0 saturated carbocycles. The summed E-state index contributed by atoms with van der Waals surface area (Å²) < 4.78 is 26.9. The van der Waals surface area contributed by atoms with Crippen molar-refractivity contribution in [2.45, 2.75) is 11.8 Å². The summed E-state index contributed by atoms with van der Waals surface area (Å²) in [5.74, 6) is -2.07. The van der Waals surface area contributed by atoms with E-state index in [2.05, 4.69) is 0 Å². The van der Waals surface area contributed by atoms with E-state index >= 15 is 0 Å². The first-order chi connectivity index (χ1) is 11.7. The fourth-order valence-electron chi connectivity index (χ4n) is 3.06. The van der Waals surface area contributed by atoms with Crippen molar-refractivity contribution >= 4 is 38.4 Å². The molecule has 0 aromatic heterocycles. The number of hydrogen-bond acceptors (Lipinski definition) is 4. The summed E-state index contributed by atoms with van der Waals surface area (Å²) in [5, 5.41) is 10.1. The molecule has 3 rings (SSSR count). The number of nitrogens with zero attached hydrogens (tertiary/aromatic N) is 2. The van der Waals surface area contributed by atoms with E-state index in [0.29, 0.717) is 22.0 Å². The highest BCUT2D eigenvalue weighted by Crippen LogP contribution is 2.39. The maximum absolute atomic E-state index is 12.9. The first-order valence-corrected chi connectivity index (χ1v) is 9.13. The molecular weight excluding hydrogens is 344 g/mol. The summed E-state index contributed by atoms with van der Waals surface area (Å²) in [6, 6.07) is 8.06. The Labute approximate surface area is 145 Å². The van der Waals surface area contributed by atoms with Crippen LogP contribution in [0.4, 0.5) is 5.69 Å². The van der Waals surface area contributed by atoms with E-state index in [1.165, 1.54) is 24.9 Å². The summed E-state index contributed by atoms with van der Waals surface area (Å²) in [5.41, 5.74) is 1.13. The zero-order chi connectivity index (χ0) is 18.5. The number of carbonyl (C=O) groups excluding carboxylic acids is 1. The van der Waals surface area contributed by atoms with Crippen LogP contribution in [0.1, 0.15) is 17.3 Å². The minimum atomic E-state index is -3.89. The Morgan fingerprint density at radius 3 is 2.60 bits per heavy atom. The first kappa shape index (κ1) is 17.4. The van der Waals surface area contributed by atoms with Crippen LogP contribution in [-0.2, 0) is 14.8 Å². The molecule has 1 unspecified atom stereocenters. The average Bonchev–Trinajstić information content (AvgIpc) is 2.81. The largest absolute Gasteiger partial charge is 0.481 e. The van der Waals surface area contributed by atoms with Gasteiger partial charge in [0.25, 0.3) is 5.91 Å². The van der Waals surface area contributed by atoms with E-state index in [9.17, 15) is 18.0 Å². The Bertz CT molecular complexity index is 1000. The van der Waals surface area contributed by atoms with Crippen LogP contribution in [0.2, 0.25) is 0 Å². The van der Waals surface area contributed by atoms with Gasteiger partial charge in [-0.05, 0) is 18.2 Å². The van der Waals surface area contributed by atoms with Gasteiger partial charge in [-0.3, -0.25) is 9.59 Å². The highest BCUT2D eigenvalue weighted by Gasteiger charge is 2.32. The topological polar surface area (TPSA) is 95.0 Å². The number of carbonyl (C=O) groups is 2. The zero-order valence-corrected chi connectivity index (χ0v) is 14.9. The number of sulfonamides is 1.